The Balaban J connectivity index is 2.58. The van der Waals surface area contributed by atoms with Gasteiger partial charge in [-0.25, -0.2) is 0 Å². The highest BCUT2D eigenvalue weighted by Gasteiger charge is 2.41. The molecular weight excluding hydrogens is 312 g/mol. The molecule has 0 aromatic heterocycles. The fraction of sp³-hybridized carbons (Fsp3) is 0.381. The number of carboxylic acid groups (broad SMARTS) is 1. The molecule has 0 unspecified atom stereocenters. The predicted molar refractivity (Wildman–Crippen MR) is 105 cm³/mol. The molecule has 0 atom stereocenters. The standard InChI is InChI=1S/C21H28N2O2/c1-6-15-21(20(24)25,16-7-11-18(12-8-16)22(2)3)17-9-13-19(14-10-17)23(4)5/h7-14H,6,15H2,1-5H3,(H,24,25). The van der Waals surface area contributed by atoms with Crippen LogP contribution in [-0.4, -0.2) is 39.3 Å². The van der Waals surface area contributed by atoms with E-state index in [1.165, 1.54) is 0 Å². The van der Waals surface area contributed by atoms with Gasteiger partial charge in [-0.3, -0.25) is 4.79 Å². The molecule has 0 spiro atoms. The van der Waals surface area contributed by atoms with Gasteiger partial charge in [0.2, 0.25) is 0 Å². The Hall–Kier alpha value is -2.49. The summed E-state index contributed by atoms with van der Waals surface area (Å²) >= 11 is 0. The normalized spacial score (nSPS) is 11.2. The summed E-state index contributed by atoms with van der Waals surface area (Å²) in [7, 11) is 7.91. The molecular formula is C21H28N2O2. The highest BCUT2D eigenvalue weighted by Crippen LogP contribution is 2.38. The van der Waals surface area contributed by atoms with E-state index >= 15 is 0 Å². The molecule has 0 aliphatic carbocycles. The van der Waals surface area contributed by atoms with Gasteiger partial charge in [-0.1, -0.05) is 37.6 Å². The molecule has 2 rings (SSSR count). The average molecular weight is 340 g/mol. The minimum absolute atomic E-state index is 0.560. The van der Waals surface area contributed by atoms with E-state index in [1.807, 2.05) is 93.4 Å². The first-order valence-corrected chi connectivity index (χ1v) is 8.62. The third kappa shape index (κ3) is 3.63. The van der Waals surface area contributed by atoms with Crippen LogP contribution in [0.25, 0.3) is 0 Å². The lowest BCUT2D eigenvalue weighted by Crippen LogP contribution is -2.37. The molecule has 0 amide bonds. The first kappa shape index (κ1) is 18.8. The monoisotopic (exact) mass is 340 g/mol. The van der Waals surface area contributed by atoms with E-state index < -0.39 is 11.4 Å². The molecule has 0 bridgehead atoms. The zero-order valence-electron chi connectivity index (χ0n) is 15.8. The lowest BCUT2D eigenvalue weighted by Gasteiger charge is -2.31. The third-order valence-corrected chi connectivity index (χ3v) is 4.74. The SMILES string of the molecule is CCCC(C(=O)O)(c1ccc(N(C)C)cc1)c1ccc(N(C)C)cc1. The first-order valence-electron chi connectivity index (χ1n) is 8.62. The molecule has 2 aromatic rings. The fourth-order valence-electron chi connectivity index (χ4n) is 3.27. The molecule has 0 fully saturated rings. The summed E-state index contributed by atoms with van der Waals surface area (Å²) in [4.78, 5) is 16.5. The molecule has 2 aromatic carbocycles. The Morgan fingerprint density at radius 2 is 1.20 bits per heavy atom. The quantitative estimate of drug-likeness (QED) is 0.828. The molecule has 4 heteroatoms. The summed E-state index contributed by atoms with van der Waals surface area (Å²) in [6.07, 6.45) is 1.35. The van der Waals surface area contributed by atoms with Gasteiger partial charge < -0.3 is 14.9 Å². The molecule has 1 N–H and O–H groups in total. The van der Waals surface area contributed by atoms with Gasteiger partial charge in [-0.15, -0.1) is 0 Å². The zero-order valence-corrected chi connectivity index (χ0v) is 15.8. The molecule has 134 valence electrons. The van der Waals surface area contributed by atoms with Gasteiger partial charge in [0.15, 0.2) is 0 Å². The highest BCUT2D eigenvalue weighted by molar-refractivity contribution is 5.86. The summed E-state index contributed by atoms with van der Waals surface area (Å²) in [5.74, 6) is -0.801. The lowest BCUT2D eigenvalue weighted by molar-refractivity contribution is -0.142. The van der Waals surface area contributed by atoms with Crippen molar-refractivity contribution in [2.75, 3.05) is 38.0 Å². The predicted octanol–water partition coefficient (Wildman–Crippen LogP) is 3.99. The third-order valence-electron chi connectivity index (χ3n) is 4.74. The summed E-state index contributed by atoms with van der Waals surface area (Å²) < 4.78 is 0. The second-order valence-electron chi connectivity index (χ2n) is 6.84. The number of rotatable bonds is 7. The maximum Gasteiger partial charge on any atom is 0.318 e. The van der Waals surface area contributed by atoms with Crippen LogP contribution in [0.1, 0.15) is 30.9 Å². The van der Waals surface area contributed by atoms with Crippen molar-refractivity contribution < 1.29 is 9.90 Å². The number of carbonyl (C=O) groups is 1. The molecule has 0 aliphatic rings. The van der Waals surface area contributed by atoms with Crippen LogP contribution >= 0.6 is 0 Å². The Kier molecular flexibility index (Phi) is 5.73. The van der Waals surface area contributed by atoms with Crippen molar-refractivity contribution in [3.05, 3.63) is 59.7 Å². The van der Waals surface area contributed by atoms with E-state index in [1.54, 1.807) is 0 Å². The molecule has 0 radical (unpaired) electrons. The summed E-state index contributed by atoms with van der Waals surface area (Å²) in [5.41, 5.74) is 2.74. The highest BCUT2D eigenvalue weighted by atomic mass is 16.4. The Morgan fingerprint density at radius 1 is 0.840 bits per heavy atom. The number of anilines is 2. The van der Waals surface area contributed by atoms with Gasteiger partial charge in [-0.2, -0.15) is 0 Å². The average Bonchev–Trinajstić information content (AvgIpc) is 2.59. The Bertz CT molecular complexity index is 652. The van der Waals surface area contributed by atoms with Crippen LogP contribution < -0.4 is 9.80 Å². The number of benzene rings is 2. The zero-order chi connectivity index (χ0) is 18.6. The molecule has 0 saturated carbocycles. The minimum Gasteiger partial charge on any atom is -0.480 e. The summed E-state index contributed by atoms with van der Waals surface area (Å²) in [6, 6.07) is 15.7. The van der Waals surface area contributed by atoms with Crippen molar-refractivity contribution in [1.82, 2.24) is 0 Å². The van der Waals surface area contributed by atoms with E-state index in [0.29, 0.717) is 6.42 Å². The molecule has 0 saturated heterocycles. The van der Waals surface area contributed by atoms with E-state index in [9.17, 15) is 9.90 Å². The molecule has 25 heavy (non-hydrogen) atoms. The molecule has 0 heterocycles. The van der Waals surface area contributed by atoms with Gasteiger partial charge in [0.1, 0.15) is 5.41 Å². The fourth-order valence-corrected chi connectivity index (χ4v) is 3.27. The van der Waals surface area contributed by atoms with Crippen molar-refractivity contribution in [3.63, 3.8) is 0 Å². The Labute approximate surface area is 150 Å². The van der Waals surface area contributed by atoms with E-state index in [2.05, 4.69) is 0 Å². The van der Waals surface area contributed by atoms with Crippen LogP contribution in [0, 0.1) is 0 Å². The number of hydrogen-bond donors (Lipinski definition) is 1. The van der Waals surface area contributed by atoms with E-state index in [0.717, 1.165) is 28.9 Å². The van der Waals surface area contributed by atoms with Gasteiger partial charge in [0, 0.05) is 39.6 Å². The van der Waals surface area contributed by atoms with Crippen molar-refractivity contribution in [3.8, 4) is 0 Å². The number of aliphatic carboxylic acids is 1. The van der Waals surface area contributed by atoms with Crippen LogP contribution in [0.4, 0.5) is 11.4 Å². The number of nitrogens with zero attached hydrogens (tertiary/aromatic N) is 2. The van der Waals surface area contributed by atoms with E-state index in [-0.39, 0.29) is 0 Å². The smallest absolute Gasteiger partial charge is 0.318 e. The second kappa shape index (κ2) is 7.60. The van der Waals surface area contributed by atoms with Crippen LogP contribution in [0.3, 0.4) is 0 Å². The van der Waals surface area contributed by atoms with Crippen LogP contribution in [0.2, 0.25) is 0 Å². The van der Waals surface area contributed by atoms with Crippen molar-refractivity contribution >= 4 is 17.3 Å². The number of carboxylic acids is 1. The number of hydrogen-bond acceptors (Lipinski definition) is 3. The summed E-state index contributed by atoms with van der Waals surface area (Å²) in [5, 5.41) is 10.2. The van der Waals surface area contributed by atoms with Crippen molar-refractivity contribution in [2.45, 2.75) is 25.2 Å². The largest absolute Gasteiger partial charge is 0.480 e. The first-order chi connectivity index (χ1) is 11.8. The van der Waals surface area contributed by atoms with Crippen LogP contribution in [0.15, 0.2) is 48.5 Å². The minimum atomic E-state index is -1.02. The summed E-state index contributed by atoms with van der Waals surface area (Å²) in [6.45, 7) is 2.03. The van der Waals surface area contributed by atoms with Gasteiger partial charge >= 0.3 is 5.97 Å². The van der Waals surface area contributed by atoms with Crippen LogP contribution in [-0.2, 0) is 10.2 Å². The Morgan fingerprint density at radius 3 is 1.44 bits per heavy atom. The molecule has 0 aliphatic heterocycles. The molecule has 4 nitrogen and oxygen atoms in total. The van der Waals surface area contributed by atoms with Gasteiger partial charge in [-0.05, 0) is 41.8 Å². The maximum absolute atomic E-state index is 12.4. The van der Waals surface area contributed by atoms with Crippen molar-refractivity contribution in [2.24, 2.45) is 0 Å². The van der Waals surface area contributed by atoms with Crippen LogP contribution in [0.5, 0.6) is 0 Å². The maximum atomic E-state index is 12.4. The van der Waals surface area contributed by atoms with E-state index in [4.69, 9.17) is 0 Å². The van der Waals surface area contributed by atoms with Gasteiger partial charge in [0.25, 0.3) is 0 Å². The van der Waals surface area contributed by atoms with Crippen molar-refractivity contribution in [1.29, 1.82) is 0 Å². The topological polar surface area (TPSA) is 43.8 Å². The van der Waals surface area contributed by atoms with Gasteiger partial charge in [0.05, 0.1) is 0 Å². The second-order valence-corrected chi connectivity index (χ2v) is 6.84. The lowest BCUT2D eigenvalue weighted by atomic mass is 9.71.